The van der Waals surface area contributed by atoms with Crippen LogP contribution in [0.2, 0.25) is 0 Å². The van der Waals surface area contributed by atoms with Crippen molar-refractivity contribution in [2.45, 2.75) is 38.6 Å². The molecule has 1 aliphatic rings. The largest absolute Gasteiger partial charge is 0.374 e. The van der Waals surface area contributed by atoms with Crippen molar-refractivity contribution in [3.63, 3.8) is 0 Å². The van der Waals surface area contributed by atoms with Gasteiger partial charge in [-0.25, -0.2) is 13.2 Å². The van der Waals surface area contributed by atoms with Crippen molar-refractivity contribution < 1.29 is 18.0 Å². The lowest BCUT2D eigenvalue weighted by atomic mass is 9.90. The van der Waals surface area contributed by atoms with Gasteiger partial charge in [-0.2, -0.15) is 0 Å². The molecule has 6 heteroatoms. The highest BCUT2D eigenvalue weighted by atomic mass is 19.2. The molecule has 1 atom stereocenters. The molecule has 2 aromatic rings. The van der Waals surface area contributed by atoms with Gasteiger partial charge in [0, 0.05) is 5.69 Å². The van der Waals surface area contributed by atoms with Crippen molar-refractivity contribution in [1.29, 1.82) is 0 Å². The molecule has 2 N–H and O–H groups in total. The van der Waals surface area contributed by atoms with E-state index >= 15 is 0 Å². The number of benzene rings is 2. The number of hydrogen-bond donors (Lipinski definition) is 2. The first-order valence-corrected chi connectivity index (χ1v) is 8.29. The third-order valence-electron chi connectivity index (χ3n) is 4.45. The van der Waals surface area contributed by atoms with Crippen LogP contribution in [0, 0.1) is 17.5 Å². The van der Waals surface area contributed by atoms with Crippen LogP contribution in [0.1, 0.15) is 30.9 Å². The number of anilines is 2. The van der Waals surface area contributed by atoms with Gasteiger partial charge in [-0.3, -0.25) is 4.79 Å². The van der Waals surface area contributed by atoms with Gasteiger partial charge in [0.1, 0.15) is 6.04 Å². The van der Waals surface area contributed by atoms with Crippen LogP contribution in [0.4, 0.5) is 24.5 Å². The van der Waals surface area contributed by atoms with Crippen molar-refractivity contribution in [2.75, 3.05) is 10.6 Å². The predicted octanol–water partition coefficient (Wildman–Crippen LogP) is 4.42. The van der Waals surface area contributed by atoms with Crippen LogP contribution < -0.4 is 10.6 Å². The van der Waals surface area contributed by atoms with Gasteiger partial charge in [-0.15, -0.1) is 0 Å². The number of carbonyl (C=O) groups is 1. The molecule has 0 saturated heterocycles. The second kappa shape index (κ2) is 7.17. The summed E-state index contributed by atoms with van der Waals surface area (Å²) in [4.78, 5) is 12.3. The molecule has 0 fully saturated rings. The van der Waals surface area contributed by atoms with Crippen LogP contribution >= 0.6 is 0 Å². The van der Waals surface area contributed by atoms with Crippen molar-refractivity contribution in [3.05, 3.63) is 58.9 Å². The summed E-state index contributed by atoms with van der Waals surface area (Å²) in [6, 6.07) is 7.04. The summed E-state index contributed by atoms with van der Waals surface area (Å²) in [7, 11) is 0. The summed E-state index contributed by atoms with van der Waals surface area (Å²) >= 11 is 0. The molecule has 25 heavy (non-hydrogen) atoms. The quantitative estimate of drug-likeness (QED) is 0.803. The average Bonchev–Trinajstić information content (AvgIpc) is 2.62. The maximum Gasteiger partial charge on any atom is 0.246 e. The lowest BCUT2D eigenvalue weighted by Crippen LogP contribution is -2.32. The van der Waals surface area contributed by atoms with Gasteiger partial charge in [0.05, 0.1) is 5.69 Å². The zero-order valence-electron chi connectivity index (χ0n) is 13.8. The second-order valence-corrected chi connectivity index (χ2v) is 6.23. The Balaban J connectivity index is 1.73. The van der Waals surface area contributed by atoms with Crippen molar-refractivity contribution in [2.24, 2.45) is 0 Å². The number of rotatable bonds is 4. The van der Waals surface area contributed by atoms with Gasteiger partial charge in [-0.05, 0) is 61.9 Å². The van der Waals surface area contributed by atoms with Gasteiger partial charge >= 0.3 is 0 Å². The van der Waals surface area contributed by atoms with E-state index in [0.717, 1.165) is 43.5 Å². The Morgan fingerprint density at radius 2 is 1.76 bits per heavy atom. The minimum absolute atomic E-state index is 0.382. The number of hydrogen-bond acceptors (Lipinski definition) is 2. The van der Waals surface area contributed by atoms with E-state index in [4.69, 9.17) is 0 Å². The monoisotopic (exact) mass is 348 g/mol. The van der Waals surface area contributed by atoms with Crippen molar-refractivity contribution in [3.8, 4) is 0 Å². The maximum atomic E-state index is 13.7. The minimum Gasteiger partial charge on any atom is -0.374 e. The highest BCUT2D eigenvalue weighted by Crippen LogP contribution is 2.28. The lowest BCUT2D eigenvalue weighted by molar-refractivity contribution is -0.116. The van der Waals surface area contributed by atoms with Gasteiger partial charge < -0.3 is 10.6 Å². The van der Waals surface area contributed by atoms with Gasteiger partial charge in [0.25, 0.3) is 0 Å². The van der Waals surface area contributed by atoms with Crippen LogP contribution in [0.5, 0.6) is 0 Å². The second-order valence-electron chi connectivity index (χ2n) is 6.23. The molecule has 0 aliphatic heterocycles. The Bertz CT molecular complexity index is 807. The van der Waals surface area contributed by atoms with Crippen LogP contribution in [0.15, 0.2) is 30.3 Å². The lowest BCUT2D eigenvalue weighted by Gasteiger charge is -2.22. The summed E-state index contributed by atoms with van der Waals surface area (Å²) < 4.78 is 39.9. The van der Waals surface area contributed by atoms with Crippen molar-refractivity contribution in [1.82, 2.24) is 0 Å². The van der Waals surface area contributed by atoms with E-state index < -0.39 is 29.4 Å². The molecule has 0 heterocycles. The van der Waals surface area contributed by atoms with E-state index in [9.17, 15) is 18.0 Å². The summed E-state index contributed by atoms with van der Waals surface area (Å²) in [5.41, 5.74) is 2.97. The summed E-state index contributed by atoms with van der Waals surface area (Å²) in [6.45, 7) is 1.63. The topological polar surface area (TPSA) is 41.1 Å². The molecule has 0 aromatic heterocycles. The zero-order valence-corrected chi connectivity index (χ0v) is 13.8. The molecule has 3 nitrogen and oxygen atoms in total. The van der Waals surface area contributed by atoms with E-state index in [1.807, 2.05) is 12.1 Å². The van der Waals surface area contributed by atoms with Crippen LogP contribution in [0.3, 0.4) is 0 Å². The molecule has 2 aromatic carbocycles. The normalized spacial score (nSPS) is 14.6. The molecule has 1 unspecified atom stereocenters. The SMILES string of the molecule is CC(Nc1cccc2c1CCCC2)C(=O)Nc1ccc(F)c(F)c1F. The Morgan fingerprint density at radius 3 is 2.56 bits per heavy atom. The first-order valence-electron chi connectivity index (χ1n) is 8.29. The Labute approximate surface area is 144 Å². The average molecular weight is 348 g/mol. The molecule has 0 radical (unpaired) electrons. The van der Waals surface area contributed by atoms with E-state index in [1.54, 1.807) is 6.92 Å². The van der Waals surface area contributed by atoms with E-state index in [0.29, 0.717) is 0 Å². The highest BCUT2D eigenvalue weighted by Gasteiger charge is 2.20. The van der Waals surface area contributed by atoms with Gasteiger partial charge in [0.2, 0.25) is 5.91 Å². The van der Waals surface area contributed by atoms with Gasteiger partial charge in [-0.1, -0.05) is 12.1 Å². The predicted molar refractivity (Wildman–Crippen MR) is 91.1 cm³/mol. The maximum absolute atomic E-state index is 13.7. The molecular weight excluding hydrogens is 329 g/mol. The number of fused-ring (bicyclic) bond motifs is 1. The number of halogens is 3. The standard InChI is InChI=1S/C19H19F3N2O/c1-11(19(25)24-16-10-9-14(20)17(21)18(16)22)23-15-8-4-6-12-5-2-3-7-13(12)15/h4,6,8-11,23H,2-3,5,7H2,1H3,(H,24,25). The zero-order chi connectivity index (χ0) is 18.0. The molecule has 1 amide bonds. The first kappa shape index (κ1) is 17.3. The van der Waals surface area contributed by atoms with Crippen LogP contribution in [-0.2, 0) is 17.6 Å². The number of aryl methyl sites for hydroxylation is 1. The molecule has 0 spiro atoms. The fourth-order valence-electron chi connectivity index (χ4n) is 3.08. The third kappa shape index (κ3) is 3.62. The summed E-state index contributed by atoms with van der Waals surface area (Å²) in [6.07, 6.45) is 4.23. The Morgan fingerprint density at radius 1 is 1.00 bits per heavy atom. The molecule has 0 bridgehead atoms. The first-order chi connectivity index (χ1) is 12.0. The molecule has 1 aliphatic carbocycles. The summed E-state index contributed by atoms with van der Waals surface area (Å²) in [5, 5.41) is 5.43. The number of amides is 1. The number of nitrogens with one attached hydrogen (secondary N) is 2. The Hall–Kier alpha value is -2.50. The number of carbonyl (C=O) groups excluding carboxylic acids is 1. The van der Waals surface area contributed by atoms with Gasteiger partial charge in [0.15, 0.2) is 17.5 Å². The van der Waals surface area contributed by atoms with Crippen LogP contribution in [-0.4, -0.2) is 11.9 Å². The Kier molecular flexibility index (Phi) is 4.97. The summed E-state index contributed by atoms with van der Waals surface area (Å²) in [5.74, 6) is -4.83. The minimum atomic E-state index is -1.60. The fourth-order valence-corrected chi connectivity index (χ4v) is 3.08. The molecule has 3 rings (SSSR count). The molecule has 132 valence electrons. The molecule has 0 saturated carbocycles. The van der Waals surface area contributed by atoms with Crippen LogP contribution in [0.25, 0.3) is 0 Å². The fraction of sp³-hybridized carbons (Fsp3) is 0.316. The van der Waals surface area contributed by atoms with E-state index in [-0.39, 0.29) is 5.69 Å². The highest BCUT2D eigenvalue weighted by molar-refractivity contribution is 5.96. The van der Waals surface area contributed by atoms with Crippen molar-refractivity contribution >= 4 is 17.3 Å². The molecular formula is C19H19F3N2O. The third-order valence-corrected chi connectivity index (χ3v) is 4.45. The smallest absolute Gasteiger partial charge is 0.246 e. The van der Waals surface area contributed by atoms with E-state index in [1.165, 1.54) is 11.1 Å². The van der Waals surface area contributed by atoms with E-state index in [2.05, 4.69) is 16.7 Å².